The molecule has 0 aromatic carbocycles. The lowest BCUT2D eigenvalue weighted by molar-refractivity contribution is 0.406. The van der Waals surface area contributed by atoms with Gasteiger partial charge < -0.3 is 9.47 Å². The Morgan fingerprint density at radius 3 is 2.62 bits per heavy atom. The molecule has 1 aromatic rings. The maximum atomic E-state index is 2.34. The van der Waals surface area contributed by atoms with E-state index in [-0.39, 0.29) is 0 Å². The van der Waals surface area contributed by atoms with E-state index in [4.69, 9.17) is 0 Å². The Morgan fingerprint density at radius 1 is 1.38 bits per heavy atom. The van der Waals surface area contributed by atoms with Gasteiger partial charge >= 0.3 is 0 Å². The molecule has 0 spiro atoms. The highest BCUT2D eigenvalue weighted by Crippen LogP contribution is 2.11. The summed E-state index contributed by atoms with van der Waals surface area (Å²) in [5, 5.41) is 0. The molecule has 0 saturated heterocycles. The van der Waals surface area contributed by atoms with Gasteiger partial charge in [-0.15, -0.1) is 0 Å². The molecule has 1 heterocycles. The summed E-state index contributed by atoms with van der Waals surface area (Å²) >= 11 is 0. The molecule has 0 atom stereocenters. The van der Waals surface area contributed by atoms with Crippen LogP contribution in [0.4, 0.5) is 0 Å². The van der Waals surface area contributed by atoms with Crippen LogP contribution in [-0.4, -0.2) is 30.1 Å². The number of likely N-dealkylation sites (N-methyl/N-ethyl adjacent to an activating group) is 1. The molecular formula is C11H20N2. The van der Waals surface area contributed by atoms with Crippen molar-refractivity contribution >= 4 is 0 Å². The number of hydrogen-bond donors (Lipinski definition) is 0. The highest BCUT2D eigenvalue weighted by molar-refractivity contribution is 5.08. The molecule has 74 valence electrons. The van der Waals surface area contributed by atoms with Crippen LogP contribution in [0.3, 0.4) is 0 Å². The van der Waals surface area contributed by atoms with Gasteiger partial charge in [-0.2, -0.15) is 0 Å². The molecule has 1 aromatic heterocycles. The predicted molar refractivity (Wildman–Crippen MR) is 57.1 cm³/mol. The summed E-state index contributed by atoms with van der Waals surface area (Å²) in [6, 6.07) is 4.92. The molecule has 0 N–H and O–H groups in total. The zero-order valence-electron chi connectivity index (χ0n) is 9.12. The van der Waals surface area contributed by atoms with Crippen molar-refractivity contribution < 1.29 is 0 Å². The summed E-state index contributed by atoms with van der Waals surface area (Å²) in [6.07, 6.45) is 3.30. The molecule has 0 fully saturated rings. The van der Waals surface area contributed by atoms with Crippen molar-refractivity contribution in [3.8, 4) is 0 Å². The van der Waals surface area contributed by atoms with Crippen LogP contribution in [0.1, 0.15) is 25.6 Å². The Hall–Kier alpha value is -0.760. The van der Waals surface area contributed by atoms with Gasteiger partial charge in [0.25, 0.3) is 0 Å². The van der Waals surface area contributed by atoms with Crippen LogP contribution >= 0.6 is 0 Å². The van der Waals surface area contributed by atoms with Crippen LogP contribution in [-0.2, 0) is 6.42 Å². The third-order valence-electron chi connectivity index (χ3n) is 2.24. The Kier molecular flexibility index (Phi) is 3.55. The van der Waals surface area contributed by atoms with Crippen molar-refractivity contribution in [2.45, 2.75) is 26.3 Å². The zero-order valence-corrected chi connectivity index (χ0v) is 9.12. The van der Waals surface area contributed by atoms with Crippen molar-refractivity contribution in [3.63, 3.8) is 0 Å². The standard InChI is InChI=1S/C11H20N2/c1-10(2)13-8-5-6-11(13)7-9-12(3)4/h5-6,8,10H,7,9H2,1-4H3. The normalized spacial score (nSPS) is 11.5. The summed E-state index contributed by atoms with van der Waals surface area (Å²) in [5.41, 5.74) is 1.43. The van der Waals surface area contributed by atoms with Crippen molar-refractivity contribution in [1.82, 2.24) is 9.47 Å². The first-order valence-corrected chi connectivity index (χ1v) is 4.91. The minimum atomic E-state index is 0.576. The SMILES string of the molecule is CC(C)n1cccc1CCN(C)C. The Morgan fingerprint density at radius 2 is 2.08 bits per heavy atom. The highest BCUT2D eigenvalue weighted by atomic mass is 15.1. The third-order valence-corrected chi connectivity index (χ3v) is 2.24. The Balaban J connectivity index is 2.60. The number of rotatable bonds is 4. The fourth-order valence-corrected chi connectivity index (χ4v) is 1.48. The van der Waals surface area contributed by atoms with E-state index in [0.29, 0.717) is 6.04 Å². The van der Waals surface area contributed by atoms with E-state index in [0.717, 1.165) is 13.0 Å². The van der Waals surface area contributed by atoms with E-state index >= 15 is 0 Å². The molecule has 0 bridgehead atoms. The van der Waals surface area contributed by atoms with Crippen molar-refractivity contribution in [2.24, 2.45) is 0 Å². The maximum Gasteiger partial charge on any atom is 0.0276 e. The van der Waals surface area contributed by atoms with Crippen LogP contribution < -0.4 is 0 Å². The van der Waals surface area contributed by atoms with E-state index < -0.39 is 0 Å². The Labute approximate surface area is 81.2 Å². The fraction of sp³-hybridized carbons (Fsp3) is 0.636. The van der Waals surface area contributed by atoms with Gasteiger partial charge in [0, 0.05) is 30.9 Å². The average molecular weight is 180 g/mol. The van der Waals surface area contributed by atoms with E-state index in [1.807, 2.05) is 0 Å². The smallest absolute Gasteiger partial charge is 0.0276 e. The zero-order chi connectivity index (χ0) is 9.84. The molecule has 2 heteroatoms. The van der Waals surface area contributed by atoms with Gasteiger partial charge in [-0.25, -0.2) is 0 Å². The van der Waals surface area contributed by atoms with Gasteiger partial charge in [-0.05, 0) is 40.1 Å². The monoisotopic (exact) mass is 180 g/mol. The van der Waals surface area contributed by atoms with Crippen molar-refractivity contribution in [2.75, 3.05) is 20.6 Å². The molecule has 0 amide bonds. The van der Waals surface area contributed by atoms with Gasteiger partial charge in [0.1, 0.15) is 0 Å². The summed E-state index contributed by atoms with van der Waals surface area (Å²) in [4.78, 5) is 2.22. The van der Waals surface area contributed by atoms with Crippen LogP contribution in [0.25, 0.3) is 0 Å². The average Bonchev–Trinajstić information content (AvgIpc) is 2.47. The molecule has 0 saturated carbocycles. The molecule has 2 nitrogen and oxygen atoms in total. The number of hydrogen-bond acceptors (Lipinski definition) is 1. The second-order valence-corrected chi connectivity index (χ2v) is 4.05. The van der Waals surface area contributed by atoms with Crippen LogP contribution in [0.2, 0.25) is 0 Å². The molecule has 0 radical (unpaired) electrons. The van der Waals surface area contributed by atoms with Crippen LogP contribution in [0, 0.1) is 0 Å². The lowest BCUT2D eigenvalue weighted by atomic mass is 10.3. The van der Waals surface area contributed by atoms with Gasteiger partial charge in [0.05, 0.1) is 0 Å². The van der Waals surface area contributed by atoms with E-state index in [9.17, 15) is 0 Å². The molecule has 0 aliphatic rings. The maximum absolute atomic E-state index is 2.34. The van der Waals surface area contributed by atoms with E-state index in [2.05, 4.69) is 55.7 Å². The third kappa shape index (κ3) is 2.88. The van der Waals surface area contributed by atoms with Crippen LogP contribution in [0.5, 0.6) is 0 Å². The molecule has 0 aliphatic carbocycles. The number of aromatic nitrogens is 1. The first kappa shape index (κ1) is 10.3. The van der Waals surface area contributed by atoms with Gasteiger partial charge in [-0.1, -0.05) is 0 Å². The van der Waals surface area contributed by atoms with E-state index in [1.54, 1.807) is 0 Å². The minimum absolute atomic E-state index is 0.576. The molecular weight excluding hydrogens is 160 g/mol. The summed E-state index contributed by atoms with van der Waals surface area (Å²) in [6.45, 7) is 5.56. The van der Waals surface area contributed by atoms with Gasteiger partial charge in [-0.3, -0.25) is 0 Å². The second kappa shape index (κ2) is 4.47. The second-order valence-electron chi connectivity index (χ2n) is 4.05. The summed E-state index contributed by atoms with van der Waals surface area (Å²) < 4.78 is 2.34. The first-order valence-electron chi connectivity index (χ1n) is 4.91. The highest BCUT2D eigenvalue weighted by Gasteiger charge is 2.03. The van der Waals surface area contributed by atoms with Crippen molar-refractivity contribution in [1.29, 1.82) is 0 Å². The topological polar surface area (TPSA) is 8.17 Å². The quantitative estimate of drug-likeness (QED) is 0.689. The lowest BCUT2D eigenvalue weighted by Gasteiger charge is -2.14. The van der Waals surface area contributed by atoms with Crippen molar-refractivity contribution in [3.05, 3.63) is 24.0 Å². The van der Waals surface area contributed by atoms with Gasteiger partial charge in [0.2, 0.25) is 0 Å². The Bertz CT molecular complexity index is 248. The fourth-order valence-electron chi connectivity index (χ4n) is 1.48. The van der Waals surface area contributed by atoms with E-state index in [1.165, 1.54) is 5.69 Å². The summed E-state index contributed by atoms with van der Waals surface area (Å²) in [5.74, 6) is 0. The minimum Gasteiger partial charge on any atom is -0.349 e. The van der Waals surface area contributed by atoms with Crippen LogP contribution in [0.15, 0.2) is 18.3 Å². The number of nitrogens with zero attached hydrogens (tertiary/aromatic N) is 2. The molecule has 1 rings (SSSR count). The molecule has 13 heavy (non-hydrogen) atoms. The molecule has 0 unspecified atom stereocenters. The first-order chi connectivity index (χ1) is 6.11. The molecule has 0 aliphatic heterocycles. The largest absolute Gasteiger partial charge is 0.349 e. The van der Waals surface area contributed by atoms with Gasteiger partial charge in [0.15, 0.2) is 0 Å². The summed E-state index contributed by atoms with van der Waals surface area (Å²) in [7, 11) is 4.23. The predicted octanol–water partition coefficient (Wildman–Crippen LogP) is 2.17. The lowest BCUT2D eigenvalue weighted by Crippen LogP contribution is -2.17.